The molecular formula is C15H23N5O5. The molecule has 1 fully saturated rings. The minimum Gasteiger partial charge on any atom is -0.474 e. The van der Waals surface area contributed by atoms with Gasteiger partial charge in [-0.15, -0.1) is 0 Å². The number of nitrogen functional groups attached to an aromatic ring is 1. The van der Waals surface area contributed by atoms with Crippen molar-refractivity contribution in [3.8, 4) is 5.88 Å². The van der Waals surface area contributed by atoms with Gasteiger partial charge in [0.2, 0.25) is 11.8 Å². The first-order chi connectivity index (χ1) is 11.9. The standard InChI is InChI=1S/C15H23N5O5/c1-15(23)9(5-8(6-21)11(15)22)20-7-17-10-12(20)18-14(16)19-13(10)25-4-3-24-2/h7-9,11,21-23H,3-6H2,1-2H3,(H2,16,18,19)/t8-,9-,11-,15+/m1/s1. The number of aromatic nitrogens is 4. The topological polar surface area (TPSA) is 149 Å². The van der Waals surface area contributed by atoms with Crippen LogP contribution in [0.4, 0.5) is 5.95 Å². The second-order valence-electron chi connectivity index (χ2n) is 6.42. The number of nitrogens with two attached hydrogens (primary N) is 1. The van der Waals surface area contributed by atoms with E-state index in [2.05, 4.69) is 15.0 Å². The molecule has 10 nitrogen and oxygen atoms in total. The van der Waals surface area contributed by atoms with Gasteiger partial charge in [0.15, 0.2) is 11.2 Å². The zero-order valence-corrected chi connectivity index (χ0v) is 14.2. The number of imidazole rings is 1. The van der Waals surface area contributed by atoms with Gasteiger partial charge in [0.1, 0.15) is 12.2 Å². The summed E-state index contributed by atoms with van der Waals surface area (Å²) < 4.78 is 12.1. The Bertz CT molecular complexity index is 749. The predicted molar refractivity (Wildman–Crippen MR) is 88.0 cm³/mol. The fraction of sp³-hybridized carbons (Fsp3) is 0.667. The number of hydrogen-bond acceptors (Lipinski definition) is 9. The van der Waals surface area contributed by atoms with E-state index in [1.54, 1.807) is 11.7 Å². The first-order valence-corrected chi connectivity index (χ1v) is 8.03. The number of aliphatic hydroxyl groups excluding tert-OH is 2. The van der Waals surface area contributed by atoms with Crippen LogP contribution in [0.2, 0.25) is 0 Å². The third-order valence-electron chi connectivity index (χ3n) is 4.75. The van der Waals surface area contributed by atoms with Gasteiger partial charge >= 0.3 is 0 Å². The third kappa shape index (κ3) is 3.01. The van der Waals surface area contributed by atoms with Gasteiger partial charge in [0.25, 0.3) is 0 Å². The smallest absolute Gasteiger partial charge is 0.247 e. The second-order valence-corrected chi connectivity index (χ2v) is 6.42. The van der Waals surface area contributed by atoms with Crippen LogP contribution in [0.25, 0.3) is 11.2 Å². The Kier molecular flexibility index (Phi) is 4.78. The van der Waals surface area contributed by atoms with Gasteiger partial charge in [-0.1, -0.05) is 0 Å². The maximum absolute atomic E-state index is 10.7. The number of methoxy groups -OCH3 is 1. The molecule has 0 radical (unpaired) electrons. The molecule has 0 unspecified atom stereocenters. The molecule has 5 N–H and O–H groups in total. The summed E-state index contributed by atoms with van der Waals surface area (Å²) in [4.78, 5) is 12.6. The van der Waals surface area contributed by atoms with Crippen LogP contribution in [0.5, 0.6) is 5.88 Å². The number of rotatable bonds is 6. The molecule has 0 amide bonds. The van der Waals surface area contributed by atoms with Crippen molar-refractivity contribution in [3.05, 3.63) is 6.33 Å². The van der Waals surface area contributed by atoms with Gasteiger partial charge in [-0.3, -0.25) is 0 Å². The molecule has 1 saturated carbocycles. The number of hydrogen-bond donors (Lipinski definition) is 4. The lowest BCUT2D eigenvalue weighted by Crippen LogP contribution is -2.42. The molecule has 25 heavy (non-hydrogen) atoms. The third-order valence-corrected chi connectivity index (χ3v) is 4.75. The van der Waals surface area contributed by atoms with Crippen LogP contribution in [0.3, 0.4) is 0 Å². The Morgan fingerprint density at radius 1 is 1.40 bits per heavy atom. The number of anilines is 1. The Labute approximate surface area is 144 Å². The molecule has 3 rings (SSSR count). The zero-order chi connectivity index (χ0) is 18.2. The van der Waals surface area contributed by atoms with Crippen LogP contribution in [0, 0.1) is 5.92 Å². The van der Waals surface area contributed by atoms with E-state index in [-0.39, 0.29) is 25.0 Å². The predicted octanol–water partition coefficient (Wildman–Crippen LogP) is -0.901. The van der Waals surface area contributed by atoms with E-state index in [0.29, 0.717) is 24.2 Å². The van der Waals surface area contributed by atoms with Crippen molar-refractivity contribution in [3.63, 3.8) is 0 Å². The van der Waals surface area contributed by atoms with E-state index >= 15 is 0 Å². The Morgan fingerprint density at radius 2 is 2.16 bits per heavy atom. The van der Waals surface area contributed by atoms with Crippen molar-refractivity contribution >= 4 is 17.1 Å². The van der Waals surface area contributed by atoms with E-state index < -0.39 is 23.7 Å². The zero-order valence-electron chi connectivity index (χ0n) is 14.2. The molecule has 1 aliphatic rings. The van der Waals surface area contributed by atoms with Crippen molar-refractivity contribution < 1.29 is 24.8 Å². The van der Waals surface area contributed by atoms with E-state index in [4.69, 9.17) is 15.2 Å². The highest BCUT2D eigenvalue weighted by Gasteiger charge is 2.51. The summed E-state index contributed by atoms with van der Waals surface area (Å²) in [6.07, 6.45) is 0.824. The van der Waals surface area contributed by atoms with E-state index in [9.17, 15) is 15.3 Å². The molecule has 0 aliphatic heterocycles. The van der Waals surface area contributed by atoms with Gasteiger partial charge in [-0.25, -0.2) is 4.98 Å². The second kappa shape index (κ2) is 6.71. The maximum Gasteiger partial charge on any atom is 0.247 e. The molecule has 0 aromatic carbocycles. The van der Waals surface area contributed by atoms with Gasteiger partial charge in [-0.2, -0.15) is 9.97 Å². The number of fused-ring (bicyclic) bond motifs is 1. The van der Waals surface area contributed by atoms with E-state index in [0.717, 1.165) is 0 Å². The summed E-state index contributed by atoms with van der Waals surface area (Å²) in [7, 11) is 1.56. The normalized spacial score (nSPS) is 29.4. The minimum absolute atomic E-state index is 0.0126. The van der Waals surface area contributed by atoms with Crippen LogP contribution in [0.1, 0.15) is 19.4 Å². The molecular weight excluding hydrogens is 330 g/mol. The summed E-state index contributed by atoms with van der Waals surface area (Å²) in [5.74, 6) is -0.192. The highest BCUT2D eigenvalue weighted by atomic mass is 16.5. The summed E-state index contributed by atoms with van der Waals surface area (Å²) in [5.41, 5.74) is 5.14. The molecule has 2 heterocycles. The summed E-state index contributed by atoms with van der Waals surface area (Å²) in [5, 5.41) is 30.4. The van der Waals surface area contributed by atoms with Crippen LogP contribution in [0.15, 0.2) is 6.33 Å². The van der Waals surface area contributed by atoms with Crippen molar-refractivity contribution in [1.29, 1.82) is 0 Å². The fourth-order valence-electron chi connectivity index (χ4n) is 3.36. The Hall–Kier alpha value is -2.01. The lowest BCUT2D eigenvalue weighted by atomic mass is 9.96. The molecule has 0 saturated heterocycles. The van der Waals surface area contributed by atoms with Crippen LogP contribution >= 0.6 is 0 Å². The largest absolute Gasteiger partial charge is 0.474 e. The lowest BCUT2D eigenvalue weighted by Gasteiger charge is -2.29. The van der Waals surface area contributed by atoms with Gasteiger partial charge < -0.3 is 35.1 Å². The summed E-state index contributed by atoms with van der Waals surface area (Å²) in [6, 6.07) is -0.522. The van der Waals surface area contributed by atoms with Crippen LogP contribution < -0.4 is 10.5 Å². The minimum atomic E-state index is -1.45. The molecule has 4 atom stereocenters. The molecule has 1 aliphatic carbocycles. The molecule has 10 heteroatoms. The maximum atomic E-state index is 10.7. The fourth-order valence-corrected chi connectivity index (χ4v) is 3.36. The van der Waals surface area contributed by atoms with Crippen molar-refractivity contribution in [2.24, 2.45) is 5.92 Å². The molecule has 0 spiro atoms. The van der Waals surface area contributed by atoms with Crippen LogP contribution in [-0.4, -0.2) is 73.5 Å². The SMILES string of the molecule is COCCOc1nc(N)nc2c1ncn2[C@@H]1C[C@H](CO)[C@@H](O)[C@@]1(C)O. The van der Waals surface area contributed by atoms with E-state index in [1.165, 1.54) is 13.3 Å². The van der Waals surface area contributed by atoms with Gasteiger partial charge in [0.05, 0.1) is 25.1 Å². The van der Waals surface area contributed by atoms with Crippen molar-refractivity contribution in [2.45, 2.75) is 31.1 Å². The number of aliphatic hydroxyl groups is 3. The molecule has 138 valence electrons. The van der Waals surface area contributed by atoms with Gasteiger partial charge in [0, 0.05) is 19.6 Å². The van der Waals surface area contributed by atoms with Crippen LogP contribution in [-0.2, 0) is 4.74 Å². The quantitative estimate of drug-likeness (QED) is 0.485. The van der Waals surface area contributed by atoms with Crippen molar-refractivity contribution in [2.75, 3.05) is 32.7 Å². The highest BCUT2D eigenvalue weighted by molar-refractivity contribution is 5.77. The lowest BCUT2D eigenvalue weighted by molar-refractivity contribution is -0.0777. The van der Waals surface area contributed by atoms with Crippen molar-refractivity contribution in [1.82, 2.24) is 19.5 Å². The summed E-state index contributed by atoms with van der Waals surface area (Å²) in [6.45, 7) is 1.97. The summed E-state index contributed by atoms with van der Waals surface area (Å²) >= 11 is 0. The first kappa shape index (κ1) is 17.8. The van der Waals surface area contributed by atoms with Gasteiger partial charge in [-0.05, 0) is 13.3 Å². The first-order valence-electron chi connectivity index (χ1n) is 8.03. The monoisotopic (exact) mass is 353 g/mol. The Morgan fingerprint density at radius 3 is 2.80 bits per heavy atom. The highest BCUT2D eigenvalue weighted by Crippen LogP contribution is 2.44. The number of nitrogens with zero attached hydrogens (tertiary/aromatic N) is 4. The average Bonchev–Trinajstić information content (AvgIpc) is 3.07. The van der Waals surface area contributed by atoms with E-state index in [1.807, 2.05) is 0 Å². The molecule has 2 aromatic rings. The number of ether oxygens (including phenoxy) is 2. The Balaban J connectivity index is 2.01. The molecule has 2 aromatic heterocycles. The molecule has 0 bridgehead atoms. The average molecular weight is 353 g/mol.